The summed E-state index contributed by atoms with van der Waals surface area (Å²) in [6.45, 7) is 0. The summed E-state index contributed by atoms with van der Waals surface area (Å²) in [5.74, 6) is 1.68. The Hall–Kier alpha value is -2.40. The Morgan fingerprint density at radius 3 is 3.08 bits per heavy atom. The predicted octanol–water partition coefficient (Wildman–Crippen LogP) is 5.57. The number of ether oxygens (including phenoxy) is 1. The Balaban J connectivity index is 1.40. The van der Waals surface area contributed by atoms with Crippen LogP contribution in [-0.2, 0) is 6.42 Å². The highest BCUT2D eigenvalue weighted by Crippen LogP contribution is 2.36. The molecule has 5 heteroatoms. The monoisotopic (exact) mass is 336 g/mol. The van der Waals surface area contributed by atoms with Gasteiger partial charge in [0.1, 0.15) is 11.3 Å². The quantitative estimate of drug-likeness (QED) is 0.478. The van der Waals surface area contributed by atoms with Gasteiger partial charge < -0.3 is 9.15 Å². The van der Waals surface area contributed by atoms with Crippen LogP contribution in [-0.4, -0.2) is 9.97 Å². The highest BCUT2D eigenvalue weighted by atomic mass is 32.1. The highest BCUT2D eigenvalue weighted by molar-refractivity contribution is 7.20. The second kappa shape index (κ2) is 5.60. The number of hydrogen-bond donors (Lipinski definition) is 0. The average Bonchev–Trinajstić information content (AvgIpc) is 3.20. The number of aryl methyl sites for hydroxylation is 1. The summed E-state index contributed by atoms with van der Waals surface area (Å²) in [5.41, 5.74) is 2.89. The fourth-order valence-electron chi connectivity index (χ4n) is 2.98. The van der Waals surface area contributed by atoms with Crippen molar-refractivity contribution in [3.63, 3.8) is 0 Å². The number of rotatable bonds is 5. The molecule has 4 aromatic rings. The highest BCUT2D eigenvalue weighted by Gasteiger charge is 2.21. The van der Waals surface area contributed by atoms with Crippen molar-refractivity contribution in [3.05, 3.63) is 48.4 Å². The molecule has 0 spiro atoms. The van der Waals surface area contributed by atoms with Crippen LogP contribution in [0.2, 0.25) is 0 Å². The maximum absolute atomic E-state index is 5.90. The Bertz CT molecular complexity index is 983. The van der Waals surface area contributed by atoms with Crippen molar-refractivity contribution in [3.8, 4) is 10.9 Å². The first-order valence-electron chi connectivity index (χ1n) is 8.25. The van der Waals surface area contributed by atoms with Crippen molar-refractivity contribution in [2.75, 3.05) is 0 Å². The zero-order valence-electron chi connectivity index (χ0n) is 13.1. The van der Waals surface area contributed by atoms with Gasteiger partial charge in [-0.1, -0.05) is 24.2 Å². The number of hydrogen-bond acceptors (Lipinski definition) is 5. The predicted molar refractivity (Wildman–Crippen MR) is 94.7 cm³/mol. The number of nitrogens with zero attached hydrogens (tertiary/aromatic N) is 2. The molecule has 0 N–H and O–H groups in total. The van der Waals surface area contributed by atoms with Gasteiger partial charge in [-0.25, -0.2) is 4.98 Å². The molecule has 0 atom stereocenters. The second-order valence-electron chi connectivity index (χ2n) is 6.31. The van der Waals surface area contributed by atoms with Gasteiger partial charge >= 0.3 is 0 Å². The largest absolute Gasteiger partial charge is 0.464 e. The minimum atomic E-state index is 0.601. The maximum atomic E-state index is 5.90. The van der Waals surface area contributed by atoms with E-state index in [1.165, 1.54) is 41.5 Å². The third-order valence-corrected chi connectivity index (χ3v) is 5.38. The zero-order valence-corrected chi connectivity index (χ0v) is 13.9. The van der Waals surface area contributed by atoms with Crippen LogP contribution in [0.4, 0.5) is 0 Å². The molecule has 0 amide bonds. The van der Waals surface area contributed by atoms with Crippen LogP contribution in [0.1, 0.15) is 24.8 Å². The van der Waals surface area contributed by atoms with E-state index in [2.05, 4.69) is 16.0 Å². The van der Waals surface area contributed by atoms with Gasteiger partial charge in [-0.05, 0) is 48.6 Å². The van der Waals surface area contributed by atoms with Crippen molar-refractivity contribution >= 4 is 32.7 Å². The first kappa shape index (κ1) is 14.0. The number of aromatic nitrogens is 2. The molecule has 3 heterocycles. The number of furan rings is 1. The number of thiazole rings is 1. The van der Waals surface area contributed by atoms with Crippen LogP contribution in [0.3, 0.4) is 0 Å². The van der Waals surface area contributed by atoms with E-state index >= 15 is 0 Å². The molecule has 4 nitrogen and oxygen atoms in total. The average molecular weight is 336 g/mol. The van der Waals surface area contributed by atoms with Crippen LogP contribution in [0.25, 0.3) is 21.3 Å². The molecule has 0 radical (unpaired) electrons. The molecule has 1 aliphatic rings. The van der Waals surface area contributed by atoms with E-state index in [1.807, 2.05) is 30.5 Å². The van der Waals surface area contributed by atoms with Gasteiger partial charge in [0.2, 0.25) is 0 Å². The lowest BCUT2D eigenvalue weighted by Gasteiger charge is -2.01. The topological polar surface area (TPSA) is 48.2 Å². The molecule has 0 aliphatic heterocycles. The van der Waals surface area contributed by atoms with E-state index in [0.29, 0.717) is 5.19 Å². The first-order chi connectivity index (χ1) is 11.8. The second-order valence-corrected chi connectivity index (χ2v) is 7.30. The van der Waals surface area contributed by atoms with Gasteiger partial charge in [0.05, 0.1) is 11.0 Å². The van der Waals surface area contributed by atoms with Gasteiger partial charge in [0, 0.05) is 17.6 Å². The van der Waals surface area contributed by atoms with Crippen LogP contribution >= 0.6 is 11.3 Å². The van der Waals surface area contributed by atoms with Crippen molar-refractivity contribution in [1.29, 1.82) is 0 Å². The molecular formula is C19H16N2O2S. The zero-order chi connectivity index (χ0) is 15.9. The maximum Gasteiger partial charge on any atom is 0.281 e. The van der Waals surface area contributed by atoms with Gasteiger partial charge in [0.25, 0.3) is 5.19 Å². The summed E-state index contributed by atoms with van der Waals surface area (Å²) >= 11 is 1.49. The molecule has 1 aliphatic carbocycles. The molecule has 3 aromatic heterocycles. The summed E-state index contributed by atoms with van der Waals surface area (Å²) in [6.07, 6.45) is 8.78. The number of benzene rings is 1. The minimum absolute atomic E-state index is 0.601. The summed E-state index contributed by atoms with van der Waals surface area (Å²) in [5, 5.41) is 1.79. The summed E-state index contributed by atoms with van der Waals surface area (Å²) in [7, 11) is 0. The van der Waals surface area contributed by atoms with Crippen molar-refractivity contribution in [2.45, 2.75) is 25.7 Å². The third kappa shape index (κ3) is 2.65. The lowest BCUT2D eigenvalue weighted by atomic mass is 10.1. The fourth-order valence-corrected chi connectivity index (χ4v) is 3.77. The smallest absolute Gasteiger partial charge is 0.281 e. The fraction of sp³-hybridized carbons (Fsp3) is 0.263. The van der Waals surface area contributed by atoms with Gasteiger partial charge in [0.15, 0.2) is 5.65 Å². The lowest BCUT2D eigenvalue weighted by molar-refractivity contribution is 0.479. The summed E-state index contributed by atoms with van der Waals surface area (Å²) in [6, 6.07) is 9.91. The lowest BCUT2D eigenvalue weighted by Crippen LogP contribution is -1.86. The van der Waals surface area contributed by atoms with E-state index in [4.69, 9.17) is 9.15 Å². The number of pyridine rings is 1. The molecule has 1 aromatic carbocycles. The van der Waals surface area contributed by atoms with E-state index in [0.717, 1.165) is 34.0 Å². The van der Waals surface area contributed by atoms with Crippen LogP contribution in [0.15, 0.2) is 47.2 Å². The Morgan fingerprint density at radius 2 is 2.21 bits per heavy atom. The van der Waals surface area contributed by atoms with E-state index in [-0.39, 0.29) is 0 Å². The standard InChI is InChI=1S/C19H16N2O2S/c1-2-17-18(20-9-1)21-19(24-17)23-14-7-8-15-13(6-5-12-3-4-12)11-22-16(15)10-14/h1-2,7-12H,3-6H2. The Kier molecular flexibility index (Phi) is 3.26. The van der Waals surface area contributed by atoms with E-state index in [1.54, 1.807) is 6.20 Å². The van der Waals surface area contributed by atoms with Crippen LogP contribution in [0, 0.1) is 5.92 Å². The first-order valence-corrected chi connectivity index (χ1v) is 9.06. The van der Waals surface area contributed by atoms with Crippen LogP contribution in [0.5, 0.6) is 10.9 Å². The Labute approximate surface area is 143 Å². The normalized spacial score (nSPS) is 14.5. The molecule has 24 heavy (non-hydrogen) atoms. The van der Waals surface area contributed by atoms with E-state index < -0.39 is 0 Å². The molecule has 1 saturated carbocycles. The van der Waals surface area contributed by atoms with E-state index in [9.17, 15) is 0 Å². The summed E-state index contributed by atoms with van der Waals surface area (Å²) in [4.78, 5) is 8.64. The van der Waals surface area contributed by atoms with Crippen molar-refractivity contribution < 1.29 is 9.15 Å². The molecule has 0 bridgehead atoms. The molecule has 1 fully saturated rings. The van der Waals surface area contributed by atoms with Crippen molar-refractivity contribution in [2.24, 2.45) is 5.92 Å². The van der Waals surface area contributed by atoms with Gasteiger partial charge in [-0.2, -0.15) is 4.98 Å². The van der Waals surface area contributed by atoms with Crippen LogP contribution < -0.4 is 4.74 Å². The Morgan fingerprint density at radius 1 is 1.25 bits per heavy atom. The molecular weight excluding hydrogens is 320 g/mol. The van der Waals surface area contributed by atoms with Gasteiger partial charge in [-0.15, -0.1) is 0 Å². The summed E-state index contributed by atoms with van der Waals surface area (Å²) < 4.78 is 12.6. The molecule has 0 unspecified atom stereocenters. The molecule has 120 valence electrons. The van der Waals surface area contributed by atoms with Crippen molar-refractivity contribution in [1.82, 2.24) is 9.97 Å². The SMILES string of the molecule is c1cnc2nc(Oc3ccc4c(CCC5CC5)coc4c3)sc2c1. The minimum Gasteiger partial charge on any atom is -0.464 e. The van der Waals surface area contributed by atoms with Gasteiger partial charge in [-0.3, -0.25) is 0 Å². The molecule has 5 rings (SSSR count). The molecule has 0 saturated heterocycles. The third-order valence-electron chi connectivity index (χ3n) is 4.50. The number of fused-ring (bicyclic) bond motifs is 2.